The number of halogens is 3. The highest BCUT2D eigenvalue weighted by atomic mass is 19.2. The van der Waals surface area contributed by atoms with E-state index in [1.807, 2.05) is 0 Å². The number of hydrogen-bond donors (Lipinski definition) is 2. The molecule has 0 aromatic heterocycles. The van der Waals surface area contributed by atoms with Crippen LogP contribution in [0.2, 0.25) is 0 Å². The summed E-state index contributed by atoms with van der Waals surface area (Å²) in [5.74, 6) is -4.72. The third-order valence-corrected chi connectivity index (χ3v) is 2.79. The van der Waals surface area contributed by atoms with E-state index in [0.29, 0.717) is 5.56 Å². The SMILES string of the molecule is NC(=O)c1ccccc1CNc1ccc(F)c(F)c1F. The van der Waals surface area contributed by atoms with E-state index in [4.69, 9.17) is 5.73 Å². The minimum atomic E-state index is -1.54. The van der Waals surface area contributed by atoms with E-state index in [1.54, 1.807) is 18.2 Å². The molecular formula is C14H11F3N2O. The number of primary amides is 1. The first-order valence-electron chi connectivity index (χ1n) is 5.75. The Balaban J connectivity index is 2.22. The van der Waals surface area contributed by atoms with Gasteiger partial charge in [-0.1, -0.05) is 18.2 Å². The van der Waals surface area contributed by atoms with Gasteiger partial charge < -0.3 is 11.1 Å². The summed E-state index contributed by atoms with van der Waals surface area (Å²) in [6, 6.07) is 8.39. The number of rotatable bonds is 4. The summed E-state index contributed by atoms with van der Waals surface area (Å²) in [4.78, 5) is 11.2. The Morgan fingerprint density at radius 1 is 1.05 bits per heavy atom. The molecule has 0 aliphatic carbocycles. The Kier molecular flexibility index (Phi) is 3.93. The summed E-state index contributed by atoms with van der Waals surface area (Å²) >= 11 is 0. The molecule has 0 bridgehead atoms. The van der Waals surface area contributed by atoms with Crippen molar-refractivity contribution in [3.8, 4) is 0 Å². The number of nitrogens with two attached hydrogens (primary N) is 1. The van der Waals surface area contributed by atoms with Gasteiger partial charge >= 0.3 is 0 Å². The molecule has 3 nitrogen and oxygen atoms in total. The van der Waals surface area contributed by atoms with E-state index in [2.05, 4.69) is 5.32 Å². The fraction of sp³-hybridized carbons (Fsp3) is 0.0714. The molecule has 0 fully saturated rings. The first-order chi connectivity index (χ1) is 9.50. The van der Waals surface area contributed by atoms with E-state index < -0.39 is 23.4 Å². The van der Waals surface area contributed by atoms with Crippen molar-refractivity contribution in [1.29, 1.82) is 0 Å². The van der Waals surface area contributed by atoms with E-state index in [1.165, 1.54) is 6.07 Å². The van der Waals surface area contributed by atoms with Crippen molar-refractivity contribution >= 4 is 11.6 Å². The van der Waals surface area contributed by atoms with E-state index >= 15 is 0 Å². The van der Waals surface area contributed by atoms with Crippen LogP contribution >= 0.6 is 0 Å². The lowest BCUT2D eigenvalue weighted by Crippen LogP contribution is -2.15. The van der Waals surface area contributed by atoms with Gasteiger partial charge in [-0.25, -0.2) is 13.2 Å². The Morgan fingerprint density at radius 2 is 1.75 bits per heavy atom. The predicted molar refractivity (Wildman–Crippen MR) is 68.6 cm³/mol. The molecule has 0 aliphatic heterocycles. The molecule has 2 rings (SSSR count). The molecule has 6 heteroatoms. The van der Waals surface area contributed by atoms with Gasteiger partial charge in [0.05, 0.1) is 5.69 Å². The molecule has 2 aromatic carbocycles. The lowest BCUT2D eigenvalue weighted by atomic mass is 10.1. The minimum Gasteiger partial charge on any atom is -0.378 e. The maximum absolute atomic E-state index is 13.5. The van der Waals surface area contributed by atoms with Crippen LogP contribution in [0.25, 0.3) is 0 Å². The van der Waals surface area contributed by atoms with Crippen molar-refractivity contribution in [2.75, 3.05) is 5.32 Å². The second kappa shape index (κ2) is 5.64. The van der Waals surface area contributed by atoms with Crippen molar-refractivity contribution in [3.05, 3.63) is 65.0 Å². The second-order valence-corrected chi connectivity index (χ2v) is 4.10. The summed E-state index contributed by atoms with van der Waals surface area (Å²) in [6.45, 7) is 0.0567. The quantitative estimate of drug-likeness (QED) is 0.846. The highest BCUT2D eigenvalue weighted by Gasteiger charge is 2.14. The largest absolute Gasteiger partial charge is 0.378 e. The van der Waals surface area contributed by atoms with Crippen LogP contribution in [-0.2, 0) is 6.54 Å². The summed E-state index contributed by atoms with van der Waals surface area (Å²) in [5.41, 5.74) is 5.83. The lowest BCUT2D eigenvalue weighted by molar-refractivity contribution is 0.0999. The van der Waals surface area contributed by atoms with Crippen molar-refractivity contribution < 1.29 is 18.0 Å². The molecule has 0 saturated carbocycles. The zero-order chi connectivity index (χ0) is 14.7. The van der Waals surface area contributed by atoms with Crippen LogP contribution in [0.5, 0.6) is 0 Å². The molecule has 0 heterocycles. The van der Waals surface area contributed by atoms with Crippen molar-refractivity contribution in [2.24, 2.45) is 5.73 Å². The maximum Gasteiger partial charge on any atom is 0.249 e. The van der Waals surface area contributed by atoms with E-state index in [0.717, 1.165) is 12.1 Å². The Morgan fingerprint density at radius 3 is 2.45 bits per heavy atom. The fourth-order valence-electron chi connectivity index (χ4n) is 1.77. The zero-order valence-corrected chi connectivity index (χ0v) is 10.3. The molecule has 1 amide bonds. The van der Waals surface area contributed by atoms with Crippen molar-refractivity contribution in [3.63, 3.8) is 0 Å². The molecule has 3 N–H and O–H groups in total. The Hall–Kier alpha value is -2.50. The molecule has 0 aliphatic rings. The molecule has 0 spiro atoms. The van der Waals surface area contributed by atoms with Gasteiger partial charge in [-0.15, -0.1) is 0 Å². The van der Waals surface area contributed by atoms with Crippen LogP contribution in [0.3, 0.4) is 0 Å². The third-order valence-electron chi connectivity index (χ3n) is 2.79. The van der Waals surface area contributed by atoms with Crippen molar-refractivity contribution in [1.82, 2.24) is 0 Å². The van der Waals surface area contributed by atoms with Crippen LogP contribution in [0, 0.1) is 17.5 Å². The highest BCUT2D eigenvalue weighted by Crippen LogP contribution is 2.20. The average Bonchev–Trinajstić information content (AvgIpc) is 2.44. The molecular weight excluding hydrogens is 269 g/mol. The van der Waals surface area contributed by atoms with Crippen LogP contribution in [-0.4, -0.2) is 5.91 Å². The normalized spacial score (nSPS) is 10.3. The second-order valence-electron chi connectivity index (χ2n) is 4.10. The number of hydrogen-bond acceptors (Lipinski definition) is 2. The average molecular weight is 280 g/mol. The van der Waals surface area contributed by atoms with E-state index in [9.17, 15) is 18.0 Å². The maximum atomic E-state index is 13.5. The summed E-state index contributed by atoms with van der Waals surface area (Å²) < 4.78 is 39.3. The number of nitrogens with one attached hydrogen (secondary N) is 1. The predicted octanol–water partition coefficient (Wildman–Crippen LogP) is 2.81. The minimum absolute atomic E-state index is 0.0567. The first-order valence-corrected chi connectivity index (χ1v) is 5.75. The van der Waals surface area contributed by atoms with Gasteiger partial charge in [0, 0.05) is 12.1 Å². The third kappa shape index (κ3) is 2.74. The number of carbonyl (C=O) groups excluding carboxylic acids is 1. The number of benzene rings is 2. The smallest absolute Gasteiger partial charge is 0.249 e. The van der Waals surface area contributed by atoms with Gasteiger partial charge in [0.25, 0.3) is 0 Å². The summed E-state index contributed by atoms with van der Waals surface area (Å²) in [7, 11) is 0. The Bertz CT molecular complexity index is 659. The molecule has 0 radical (unpaired) electrons. The molecule has 20 heavy (non-hydrogen) atoms. The van der Waals surface area contributed by atoms with Crippen LogP contribution in [0.4, 0.5) is 18.9 Å². The number of anilines is 1. The zero-order valence-electron chi connectivity index (χ0n) is 10.3. The van der Waals surface area contributed by atoms with Crippen LogP contribution in [0.1, 0.15) is 15.9 Å². The van der Waals surface area contributed by atoms with Crippen molar-refractivity contribution in [2.45, 2.75) is 6.54 Å². The standard InChI is InChI=1S/C14H11F3N2O/c15-10-5-6-11(13(17)12(10)16)19-7-8-3-1-2-4-9(8)14(18)20/h1-6,19H,7H2,(H2,18,20). The van der Waals surface area contributed by atoms with Crippen LogP contribution in [0.15, 0.2) is 36.4 Å². The summed E-state index contributed by atoms with van der Waals surface area (Å²) in [5, 5.41) is 2.60. The monoisotopic (exact) mass is 280 g/mol. The topological polar surface area (TPSA) is 55.1 Å². The molecule has 2 aromatic rings. The first kappa shape index (κ1) is 13.9. The number of carbonyl (C=O) groups is 1. The van der Waals surface area contributed by atoms with Gasteiger partial charge in [-0.05, 0) is 23.8 Å². The van der Waals surface area contributed by atoms with Gasteiger partial charge in [0.15, 0.2) is 17.5 Å². The van der Waals surface area contributed by atoms with Gasteiger partial charge in [-0.2, -0.15) is 0 Å². The Labute approximate surface area is 113 Å². The van der Waals surface area contributed by atoms with Gasteiger partial charge in [0.2, 0.25) is 5.91 Å². The molecule has 0 saturated heterocycles. The lowest BCUT2D eigenvalue weighted by Gasteiger charge is -2.10. The number of amides is 1. The molecule has 0 unspecified atom stereocenters. The fourth-order valence-corrected chi connectivity index (χ4v) is 1.77. The molecule has 0 atom stereocenters. The van der Waals surface area contributed by atoms with Gasteiger partial charge in [-0.3, -0.25) is 4.79 Å². The highest BCUT2D eigenvalue weighted by molar-refractivity contribution is 5.94. The van der Waals surface area contributed by atoms with E-state index in [-0.39, 0.29) is 17.8 Å². The van der Waals surface area contributed by atoms with Crippen LogP contribution < -0.4 is 11.1 Å². The van der Waals surface area contributed by atoms with Gasteiger partial charge in [0.1, 0.15) is 0 Å². The summed E-state index contributed by atoms with van der Waals surface area (Å²) in [6.07, 6.45) is 0. The molecule has 104 valence electrons.